The van der Waals surface area contributed by atoms with Crippen molar-refractivity contribution >= 4 is 21.8 Å². The summed E-state index contributed by atoms with van der Waals surface area (Å²) in [5, 5.41) is 7.44. The van der Waals surface area contributed by atoms with Gasteiger partial charge in [-0.05, 0) is 49.9 Å². The number of sulfonamides is 1. The highest BCUT2D eigenvalue weighted by Gasteiger charge is 2.20. The summed E-state index contributed by atoms with van der Waals surface area (Å²) in [6.45, 7) is 3.96. The maximum Gasteiger partial charge on any atom is 0.267 e. The van der Waals surface area contributed by atoms with Crippen molar-refractivity contribution in [2.45, 2.75) is 56.9 Å². The Morgan fingerprint density at radius 3 is 2.42 bits per heavy atom. The van der Waals surface area contributed by atoms with Gasteiger partial charge >= 0.3 is 0 Å². The minimum absolute atomic E-state index is 0.00815. The van der Waals surface area contributed by atoms with Crippen molar-refractivity contribution < 1.29 is 13.2 Å². The van der Waals surface area contributed by atoms with E-state index in [4.69, 9.17) is 4.74 Å². The number of hydrogen-bond acceptors (Lipinski definition) is 8. The Hall–Kier alpha value is -3.99. The predicted molar refractivity (Wildman–Crippen MR) is 146 cm³/mol. The molecule has 0 amide bonds. The fraction of sp³-hybridized carbons (Fsp3) is 0.333. The van der Waals surface area contributed by atoms with Crippen molar-refractivity contribution in [3.05, 3.63) is 66.1 Å². The minimum atomic E-state index is -3.96. The first-order chi connectivity index (χ1) is 18.3. The summed E-state index contributed by atoms with van der Waals surface area (Å²) in [7, 11) is -2.31. The van der Waals surface area contributed by atoms with Gasteiger partial charge in [0.2, 0.25) is 11.8 Å². The number of anilines is 2. The van der Waals surface area contributed by atoms with Crippen LogP contribution in [0.25, 0.3) is 11.3 Å². The van der Waals surface area contributed by atoms with E-state index in [0.717, 1.165) is 35.3 Å². The summed E-state index contributed by atoms with van der Waals surface area (Å²) in [5.41, 5.74) is 3.41. The molecule has 0 bridgehead atoms. The maximum absolute atomic E-state index is 13.0. The molecule has 3 heterocycles. The summed E-state index contributed by atoms with van der Waals surface area (Å²) in [4.78, 5) is 13.4. The highest BCUT2D eigenvalue weighted by Crippen LogP contribution is 2.31. The largest absolute Gasteiger partial charge is 0.437 e. The molecule has 11 heteroatoms. The molecule has 0 atom stereocenters. The molecule has 0 unspecified atom stereocenters. The summed E-state index contributed by atoms with van der Waals surface area (Å²) in [6, 6.07) is 11.8. The van der Waals surface area contributed by atoms with Gasteiger partial charge in [-0.3, -0.25) is 4.68 Å². The topological polar surface area (TPSA) is 124 Å². The summed E-state index contributed by atoms with van der Waals surface area (Å²) in [5.74, 6) is 1.36. The number of hydrogen-bond donors (Lipinski definition) is 2. The number of ether oxygens (including phenoxy) is 1. The molecule has 0 spiro atoms. The van der Waals surface area contributed by atoms with E-state index in [2.05, 4.69) is 30.1 Å². The van der Waals surface area contributed by atoms with E-state index >= 15 is 0 Å². The van der Waals surface area contributed by atoms with Gasteiger partial charge in [0.15, 0.2) is 0 Å². The average molecular weight is 534 g/mol. The molecular formula is C27H31N7O3S. The first kappa shape index (κ1) is 25.7. The Bertz CT molecular complexity index is 1510. The van der Waals surface area contributed by atoms with Crippen molar-refractivity contribution in [1.82, 2.24) is 24.7 Å². The Morgan fingerprint density at radius 1 is 1.00 bits per heavy atom. The van der Waals surface area contributed by atoms with Crippen molar-refractivity contribution in [2.24, 2.45) is 7.05 Å². The maximum atomic E-state index is 13.0. The van der Waals surface area contributed by atoms with Crippen LogP contribution in [-0.2, 0) is 17.1 Å². The number of benzene rings is 1. The molecule has 4 aromatic rings. The molecular weight excluding hydrogens is 502 g/mol. The average Bonchev–Trinajstić information content (AvgIpc) is 3.33. The van der Waals surface area contributed by atoms with Gasteiger partial charge in [-0.1, -0.05) is 37.5 Å². The van der Waals surface area contributed by atoms with E-state index < -0.39 is 10.0 Å². The van der Waals surface area contributed by atoms with Crippen molar-refractivity contribution in [2.75, 3.05) is 10.0 Å². The molecule has 5 rings (SSSR count). The number of nitrogens with one attached hydrogen (secondary N) is 2. The summed E-state index contributed by atoms with van der Waals surface area (Å²) in [6.07, 6.45) is 10.4. The van der Waals surface area contributed by atoms with Gasteiger partial charge in [0.05, 0.1) is 18.1 Å². The molecule has 1 aliphatic carbocycles. The van der Waals surface area contributed by atoms with Crippen LogP contribution < -0.4 is 14.8 Å². The van der Waals surface area contributed by atoms with Crippen molar-refractivity contribution in [1.29, 1.82) is 0 Å². The second kappa shape index (κ2) is 10.8. The molecule has 1 saturated carbocycles. The molecule has 1 aliphatic rings. The van der Waals surface area contributed by atoms with Gasteiger partial charge in [0.1, 0.15) is 16.5 Å². The third-order valence-electron chi connectivity index (χ3n) is 6.57. The second-order valence-corrected chi connectivity index (χ2v) is 11.3. The van der Waals surface area contributed by atoms with Gasteiger partial charge < -0.3 is 10.1 Å². The highest BCUT2D eigenvalue weighted by atomic mass is 32.2. The van der Waals surface area contributed by atoms with E-state index in [-0.39, 0.29) is 16.7 Å². The van der Waals surface area contributed by atoms with E-state index in [1.54, 1.807) is 19.3 Å². The third-order valence-corrected chi connectivity index (χ3v) is 7.86. The number of aromatic nitrogens is 5. The first-order valence-corrected chi connectivity index (χ1v) is 14.1. The molecule has 0 aliphatic heterocycles. The highest BCUT2D eigenvalue weighted by molar-refractivity contribution is 7.92. The van der Waals surface area contributed by atoms with Crippen LogP contribution in [0.1, 0.15) is 43.2 Å². The molecule has 1 fully saturated rings. The molecule has 0 radical (unpaired) electrons. The van der Waals surface area contributed by atoms with E-state index in [1.807, 2.05) is 44.2 Å². The second-order valence-electron chi connectivity index (χ2n) is 9.60. The predicted octanol–water partition coefficient (Wildman–Crippen LogP) is 5.23. The molecule has 2 N–H and O–H groups in total. The quantitative estimate of drug-likeness (QED) is 0.316. The lowest BCUT2D eigenvalue weighted by Gasteiger charge is -2.23. The molecule has 38 heavy (non-hydrogen) atoms. The SMILES string of the molecule is Cc1cccc(C)c1-c1cc(Oc2ccc(NC3CCCCC3)nc2)nc(NS(=O)(=O)c2cnn(C)c2)n1. The van der Waals surface area contributed by atoms with Crippen LogP contribution in [-0.4, -0.2) is 39.2 Å². The van der Waals surface area contributed by atoms with Crippen LogP contribution in [0.4, 0.5) is 11.8 Å². The van der Waals surface area contributed by atoms with E-state index in [1.165, 1.54) is 36.3 Å². The van der Waals surface area contributed by atoms with Gasteiger partial charge in [-0.2, -0.15) is 10.1 Å². The lowest BCUT2D eigenvalue weighted by atomic mass is 9.95. The molecule has 1 aromatic carbocycles. The van der Waals surface area contributed by atoms with Gasteiger partial charge in [0.25, 0.3) is 10.0 Å². The molecule has 0 saturated heterocycles. The Kier molecular flexibility index (Phi) is 7.28. The minimum Gasteiger partial charge on any atom is -0.437 e. The number of nitrogens with zero attached hydrogens (tertiary/aromatic N) is 5. The fourth-order valence-electron chi connectivity index (χ4n) is 4.69. The third kappa shape index (κ3) is 5.94. The summed E-state index contributed by atoms with van der Waals surface area (Å²) < 4.78 is 35.8. The van der Waals surface area contributed by atoms with Crippen LogP contribution in [0.15, 0.2) is 59.9 Å². The molecule has 3 aromatic heterocycles. The van der Waals surface area contributed by atoms with Crippen LogP contribution in [0.5, 0.6) is 11.6 Å². The number of aryl methyl sites for hydroxylation is 3. The van der Waals surface area contributed by atoms with E-state index in [0.29, 0.717) is 17.5 Å². The van der Waals surface area contributed by atoms with Crippen LogP contribution in [0.2, 0.25) is 0 Å². The number of rotatable bonds is 8. The smallest absolute Gasteiger partial charge is 0.267 e. The van der Waals surface area contributed by atoms with Gasteiger partial charge in [0, 0.05) is 30.9 Å². The van der Waals surface area contributed by atoms with Crippen molar-refractivity contribution in [3.63, 3.8) is 0 Å². The van der Waals surface area contributed by atoms with Gasteiger partial charge in [-0.25, -0.2) is 23.1 Å². The molecule has 10 nitrogen and oxygen atoms in total. The standard InChI is InChI=1S/C27H31N7O3S/c1-18-8-7-9-19(2)26(18)23-14-25(32-27(31-23)33-38(35,36)22-16-29-34(3)17-22)37-21-12-13-24(28-15-21)30-20-10-5-4-6-11-20/h7-9,12-17,20H,4-6,10-11H2,1-3H3,(H,28,30)(H,31,32,33). The first-order valence-electron chi connectivity index (χ1n) is 12.6. The Labute approximate surface area is 222 Å². The Balaban J connectivity index is 1.44. The van der Waals surface area contributed by atoms with Crippen LogP contribution in [0.3, 0.4) is 0 Å². The van der Waals surface area contributed by atoms with Crippen molar-refractivity contribution in [3.8, 4) is 22.9 Å². The monoisotopic (exact) mass is 533 g/mol. The lowest BCUT2D eigenvalue weighted by molar-refractivity contribution is 0.457. The number of pyridine rings is 1. The fourth-order valence-corrected chi connectivity index (χ4v) is 5.62. The van der Waals surface area contributed by atoms with Gasteiger partial charge in [-0.15, -0.1) is 0 Å². The lowest BCUT2D eigenvalue weighted by Crippen LogP contribution is -2.22. The Morgan fingerprint density at radius 2 is 1.76 bits per heavy atom. The molecule has 198 valence electrons. The van der Waals surface area contributed by atoms with E-state index in [9.17, 15) is 8.42 Å². The van der Waals surface area contributed by atoms with Crippen LogP contribution in [0, 0.1) is 13.8 Å². The van der Waals surface area contributed by atoms with Crippen LogP contribution >= 0.6 is 0 Å². The summed E-state index contributed by atoms with van der Waals surface area (Å²) >= 11 is 0. The zero-order valence-electron chi connectivity index (χ0n) is 21.7. The zero-order chi connectivity index (χ0) is 26.7. The normalized spacial score (nSPS) is 14.3. The zero-order valence-corrected chi connectivity index (χ0v) is 22.5.